The first-order chi connectivity index (χ1) is 5.20. The van der Waals surface area contributed by atoms with E-state index in [1.54, 1.807) is 0 Å². The number of nitrogens with zero attached hydrogens (tertiary/aromatic N) is 1. The van der Waals surface area contributed by atoms with Gasteiger partial charge >= 0.3 is 5.97 Å². The fraction of sp³-hybridized carbons (Fsp3) is 0.500. The number of hydrogen-bond donors (Lipinski definition) is 0. The van der Waals surface area contributed by atoms with Gasteiger partial charge < -0.3 is 4.74 Å². The number of alkyl halides is 1. The lowest BCUT2D eigenvalue weighted by molar-refractivity contribution is -0.143. The number of nitriles is 1. The molecule has 5 heteroatoms. The number of rotatable bonds is 4. The Kier molecular flexibility index (Phi) is 6.09. The van der Waals surface area contributed by atoms with Crippen molar-refractivity contribution in [3.63, 3.8) is 0 Å². The molecule has 0 aromatic heterocycles. The molecule has 11 heavy (non-hydrogen) atoms. The van der Waals surface area contributed by atoms with Crippen molar-refractivity contribution in [2.24, 2.45) is 0 Å². The van der Waals surface area contributed by atoms with Crippen LogP contribution in [-0.4, -0.2) is 18.0 Å². The lowest BCUT2D eigenvalue weighted by atomic mass is 10.5. The number of ether oxygens (including phenoxy) is 1. The van der Waals surface area contributed by atoms with Crippen LogP contribution in [0.15, 0.2) is 0 Å². The Morgan fingerprint density at radius 2 is 2.64 bits per heavy atom. The molecule has 0 spiro atoms. The summed E-state index contributed by atoms with van der Waals surface area (Å²) in [7, 11) is 0. The van der Waals surface area contributed by atoms with Crippen LogP contribution in [0.3, 0.4) is 0 Å². The number of carbonyl (C=O) groups excluding carboxylic acids is 1. The van der Waals surface area contributed by atoms with Crippen LogP contribution in [0.2, 0.25) is 0 Å². The number of esters is 1. The molecular formula is C6H7ClNO2S. The summed E-state index contributed by atoms with van der Waals surface area (Å²) >= 11 is 6.32. The molecule has 1 radical (unpaired) electrons. The minimum Gasteiger partial charge on any atom is -0.460 e. The Bertz CT molecular complexity index is 168. The normalized spacial score (nSPS) is 11.7. The fourth-order valence-electron chi connectivity index (χ4n) is 0.415. The first-order valence-corrected chi connectivity index (χ1v) is 4.23. The number of halogens is 1. The third-order valence-corrected chi connectivity index (χ3v) is 1.59. The molecule has 0 rings (SSSR count). The number of carbonyl (C=O) groups is 1. The lowest BCUT2D eigenvalue weighted by Gasteiger charge is -2.10. The highest BCUT2D eigenvalue weighted by Crippen LogP contribution is 2.11. The molecule has 0 N–H and O–H groups in total. The van der Waals surface area contributed by atoms with Crippen LogP contribution in [0.4, 0.5) is 0 Å². The summed E-state index contributed by atoms with van der Waals surface area (Å²) in [6.07, 6.45) is -0.473. The Hall–Kier alpha value is -0.400. The molecule has 61 valence electrons. The summed E-state index contributed by atoms with van der Waals surface area (Å²) in [5, 5.41) is 9.96. The highest BCUT2D eigenvalue weighted by atomic mass is 35.5. The van der Waals surface area contributed by atoms with E-state index >= 15 is 0 Å². The van der Waals surface area contributed by atoms with E-state index in [0.717, 1.165) is 11.8 Å². The van der Waals surface area contributed by atoms with Crippen LogP contribution in [-0.2, 0) is 9.53 Å². The first-order valence-electron chi connectivity index (χ1n) is 2.82. The van der Waals surface area contributed by atoms with E-state index in [0.29, 0.717) is 0 Å². The van der Waals surface area contributed by atoms with E-state index in [4.69, 9.17) is 21.6 Å². The Morgan fingerprint density at radius 1 is 2.00 bits per heavy atom. The van der Waals surface area contributed by atoms with Gasteiger partial charge in [-0.15, -0.1) is 11.6 Å². The minimum atomic E-state index is -0.473. The van der Waals surface area contributed by atoms with Gasteiger partial charge in [0.1, 0.15) is 11.5 Å². The van der Waals surface area contributed by atoms with Crippen molar-refractivity contribution in [3.05, 3.63) is 5.75 Å². The Morgan fingerprint density at radius 3 is 3.00 bits per heavy atom. The van der Waals surface area contributed by atoms with Crippen molar-refractivity contribution in [2.75, 3.05) is 5.88 Å². The molecule has 0 aromatic carbocycles. The van der Waals surface area contributed by atoms with Crippen molar-refractivity contribution in [2.45, 2.75) is 13.0 Å². The number of thiocyanates is 1. The third-order valence-electron chi connectivity index (χ3n) is 0.742. The van der Waals surface area contributed by atoms with Gasteiger partial charge in [0.2, 0.25) is 0 Å². The minimum absolute atomic E-state index is 0.175. The van der Waals surface area contributed by atoms with Gasteiger partial charge in [-0.05, 0) is 11.8 Å². The fourth-order valence-corrected chi connectivity index (χ4v) is 1.04. The van der Waals surface area contributed by atoms with Crippen molar-refractivity contribution in [1.29, 1.82) is 5.26 Å². The topological polar surface area (TPSA) is 50.1 Å². The largest absolute Gasteiger partial charge is 0.460 e. The molecule has 0 heterocycles. The molecule has 0 aromatic rings. The number of thioether (sulfide) groups is 1. The second-order valence-corrected chi connectivity index (χ2v) is 2.65. The van der Waals surface area contributed by atoms with Gasteiger partial charge in [-0.25, -0.2) is 0 Å². The maximum atomic E-state index is 10.4. The quantitative estimate of drug-likeness (QED) is 0.385. The first kappa shape index (κ1) is 10.6. The van der Waals surface area contributed by atoms with Gasteiger partial charge in [-0.1, -0.05) is 0 Å². The second kappa shape index (κ2) is 6.32. The molecule has 0 saturated carbocycles. The third kappa shape index (κ3) is 6.02. The maximum absolute atomic E-state index is 10.4. The molecule has 0 amide bonds. The summed E-state index contributed by atoms with van der Waals surface area (Å²) in [5.41, 5.74) is 0. The van der Waals surface area contributed by atoms with Crippen molar-refractivity contribution in [1.82, 2.24) is 0 Å². The highest BCUT2D eigenvalue weighted by molar-refractivity contribution is 8.05. The van der Waals surface area contributed by atoms with E-state index in [1.165, 1.54) is 12.7 Å². The van der Waals surface area contributed by atoms with E-state index in [1.807, 2.05) is 5.40 Å². The van der Waals surface area contributed by atoms with Crippen LogP contribution in [0, 0.1) is 16.4 Å². The van der Waals surface area contributed by atoms with Gasteiger partial charge in [-0.2, -0.15) is 5.26 Å². The molecule has 3 nitrogen and oxygen atoms in total. The second-order valence-electron chi connectivity index (χ2n) is 1.65. The smallest absolute Gasteiger partial charge is 0.302 e. The highest BCUT2D eigenvalue weighted by Gasteiger charge is 2.10. The van der Waals surface area contributed by atoms with E-state index in [-0.39, 0.29) is 5.88 Å². The summed E-state index contributed by atoms with van der Waals surface area (Å²) in [6.45, 7) is 1.30. The molecule has 0 bridgehead atoms. The van der Waals surface area contributed by atoms with Gasteiger partial charge in [0.15, 0.2) is 0 Å². The van der Waals surface area contributed by atoms with Gasteiger partial charge in [-0.3, -0.25) is 4.79 Å². The van der Waals surface area contributed by atoms with E-state index in [2.05, 4.69) is 0 Å². The SMILES string of the molecule is CC(=O)OC([CH]SC#N)CCl. The van der Waals surface area contributed by atoms with Crippen LogP contribution in [0.25, 0.3) is 0 Å². The van der Waals surface area contributed by atoms with Crippen molar-refractivity contribution < 1.29 is 9.53 Å². The zero-order valence-electron chi connectivity index (χ0n) is 5.91. The lowest BCUT2D eigenvalue weighted by Crippen LogP contribution is -2.16. The summed E-state index contributed by atoms with van der Waals surface area (Å²) in [6, 6.07) is 0. The maximum Gasteiger partial charge on any atom is 0.302 e. The molecule has 1 atom stereocenters. The van der Waals surface area contributed by atoms with Crippen LogP contribution in [0.5, 0.6) is 0 Å². The van der Waals surface area contributed by atoms with Crippen LogP contribution < -0.4 is 0 Å². The van der Waals surface area contributed by atoms with Crippen LogP contribution >= 0.6 is 23.4 Å². The summed E-state index contributed by atoms with van der Waals surface area (Å²) < 4.78 is 4.70. The molecule has 1 unspecified atom stereocenters. The average molecular weight is 193 g/mol. The standard InChI is InChI=1S/C6H7ClNO2S/c1-5(9)10-6(2-7)3-11-4-8/h3,6H,2H2,1H3. The molecule has 0 saturated heterocycles. The molecule has 0 aliphatic rings. The predicted octanol–water partition coefficient (Wildman–Crippen LogP) is 1.53. The molecule has 0 fully saturated rings. The predicted molar refractivity (Wildman–Crippen MR) is 43.8 cm³/mol. The van der Waals surface area contributed by atoms with E-state index in [9.17, 15) is 4.79 Å². The van der Waals surface area contributed by atoms with Crippen LogP contribution in [0.1, 0.15) is 6.92 Å². The zero-order valence-corrected chi connectivity index (χ0v) is 7.48. The summed E-state index contributed by atoms with van der Waals surface area (Å²) in [4.78, 5) is 10.4. The summed E-state index contributed by atoms with van der Waals surface area (Å²) in [5.74, 6) is 1.26. The van der Waals surface area contributed by atoms with E-state index < -0.39 is 12.1 Å². The molecule has 0 aliphatic heterocycles. The van der Waals surface area contributed by atoms with Crippen molar-refractivity contribution in [3.8, 4) is 5.40 Å². The Labute approximate surface area is 74.7 Å². The zero-order chi connectivity index (χ0) is 8.69. The van der Waals surface area contributed by atoms with Gasteiger partial charge in [0, 0.05) is 6.92 Å². The van der Waals surface area contributed by atoms with Crippen molar-refractivity contribution >= 4 is 29.3 Å². The molecule has 0 aliphatic carbocycles. The van der Waals surface area contributed by atoms with Gasteiger partial charge in [0.05, 0.1) is 11.6 Å². The number of hydrogen-bond acceptors (Lipinski definition) is 4. The molecular weight excluding hydrogens is 186 g/mol. The average Bonchev–Trinajstić information content (AvgIpc) is 1.97. The Balaban J connectivity index is 3.59. The monoisotopic (exact) mass is 192 g/mol. The van der Waals surface area contributed by atoms with Gasteiger partial charge in [0.25, 0.3) is 0 Å².